The van der Waals surface area contributed by atoms with Gasteiger partial charge in [-0.25, -0.2) is 0 Å². The lowest BCUT2D eigenvalue weighted by Crippen LogP contribution is -2.29. The van der Waals surface area contributed by atoms with Crippen LogP contribution in [-0.4, -0.2) is 27.4 Å². The highest BCUT2D eigenvalue weighted by Crippen LogP contribution is 2.22. The summed E-state index contributed by atoms with van der Waals surface area (Å²) in [6, 6.07) is 11.0. The highest BCUT2D eigenvalue weighted by Gasteiger charge is 2.10. The normalized spacial score (nSPS) is 10.2. The standard InChI is InChI=1S/C13H14BNO4/c16-12-4-5-13(17)9(6-12)8-15-11-3-1-2-10(7-11)14(18)19/h1-7,15-19H,8H2. The van der Waals surface area contributed by atoms with Gasteiger partial charge < -0.3 is 25.6 Å². The number of rotatable bonds is 4. The molecule has 0 fully saturated rings. The average Bonchev–Trinajstić information content (AvgIpc) is 2.40. The highest BCUT2D eigenvalue weighted by atomic mass is 16.4. The van der Waals surface area contributed by atoms with E-state index in [2.05, 4.69) is 5.32 Å². The summed E-state index contributed by atoms with van der Waals surface area (Å²) in [7, 11) is -1.52. The molecule has 5 nitrogen and oxygen atoms in total. The molecule has 0 heterocycles. The minimum absolute atomic E-state index is 0.0779. The molecule has 0 spiro atoms. The van der Waals surface area contributed by atoms with Gasteiger partial charge in [-0.15, -0.1) is 0 Å². The van der Waals surface area contributed by atoms with E-state index in [-0.39, 0.29) is 11.5 Å². The summed E-state index contributed by atoms with van der Waals surface area (Å²) in [6.45, 7) is 0.311. The molecule has 98 valence electrons. The average molecular weight is 259 g/mol. The van der Waals surface area contributed by atoms with Gasteiger partial charge in [-0.1, -0.05) is 12.1 Å². The maximum atomic E-state index is 9.62. The van der Waals surface area contributed by atoms with E-state index in [0.29, 0.717) is 23.3 Å². The third-order valence-corrected chi connectivity index (χ3v) is 2.73. The Kier molecular flexibility index (Phi) is 3.94. The van der Waals surface area contributed by atoms with Gasteiger partial charge in [-0.05, 0) is 35.8 Å². The van der Waals surface area contributed by atoms with Crippen LogP contribution in [0.1, 0.15) is 5.56 Å². The van der Waals surface area contributed by atoms with Crippen molar-refractivity contribution in [1.82, 2.24) is 0 Å². The van der Waals surface area contributed by atoms with Crippen molar-refractivity contribution in [3.05, 3.63) is 48.0 Å². The molecule has 0 unspecified atom stereocenters. The van der Waals surface area contributed by atoms with E-state index in [1.54, 1.807) is 24.3 Å². The van der Waals surface area contributed by atoms with E-state index in [0.717, 1.165) is 0 Å². The van der Waals surface area contributed by atoms with E-state index in [9.17, 15) is 10.2 Å². The zero-order valence-corrected chi connectivity index (χ0v) is 10.1. The van der Waals surface area contributed by atoms with Crippen LogP contribution in [0.25, 0.3) is 0 Å². The lowest BCUT2D eigenvalue weighted by atomic mass is 9.80. The van der Waals surface area contributed by atoms with Gasteiger partial charge >= 0.3 is 7.12 Å². The largest absolute Gasteiger partial charge is 0.508 e. The van der Waals surface area contributed by atoms with Gasteiger partial charge in [0.2, 0.25) is 0 Å². The first-order valence-corrected chi connectivity index (χ1v) is 5.77. The summed E-state index contributed by atoms with van der Waals surface area (Å²) in [4.78, 5) is 0. The molecule has 0 atom stereocenters. The second-order valence-corrected chi connectivity index (χ2v) is 4.17. The number of nitrogens with one attached hydrogen (secondary N) is 1. The molecule has 2 aromatic rings. The van der Waals surface area contributed by atoms with Crippen LogP contribution in [0.3, 0.4) is 0 Å². The van der Waals surface area contributed by atoms with Crippen molar-refractivity contribution in [1.29, 1.82) is 0 Å². The van der Waals surface area contributed by atoms with E-state index in [1.807, 2.05) is 0 Å². The molecule has 0 saturated carbocycles. The third kappa shape index (κ3) is 3.40. The Morgan fingerprint density at radius 2 is 1.79 bits per heavy atom. The predicted octanol–water partition coefficient (Wildman–Crippen LogP) is 0.390. The monoisotopic (exact) mass is 259 g/mol. The summed E-state index contributed by atoms with van der Waals surface area (Å²) >= 11 is 0. The quantitative estimate of drug-likeness (QED) is 0.404. The minimum Gasteiger partial charge on any atom is -0.508 e. The van der Waals surface area contributed by atoms with Gasteiger partial charge in [0.1, 0.15) is 11.5 Å². The second kappa shape index (κ2) is 5.64. The third-order valence-electron chi connectivity index (χ3n) is 2.73. The summed E-state index contributed by atoms with van der Waals surface area (Å²) in [5, 5.41) is 40.1. The lowest BCUT2D eigenvalue weighted by molar-refractivity contribution is 0.426. The molecule has 2 aromatic carbocycles. The van der Waals surface area contributed by atoms with Crippen LogP contribution in [0, 0.1) is 0 Å². The summed E-state index contributed by atoms with van der Waals surface area (Å²) < 4.78 is 0. The number of hydrogen-bond donors (Lipinski definition) is 5. The van der Waals surface area contributed by atoms with Gasteiger partial charge in [-0.2, -0.15) is 0 Å². The van der Waals surface area contributed by atoms with E-state index in [4.69, 9.17) is 10.0 Å². The molecular formula is C13H14BNO4. The first-order chi connectivity index (χ1) is 9.06. The molecule has 0 aromatic heterocycles. The van der Waals surface area contributed by atoms with Crippen LogP contribution in [0.5, 0.6) is 11.5 Å². The molecule has 0 bridgehead atoms. The van der Waals surface area contributed by atoms with Crippen molar-refractivity contribution in [2.75, 3.05) is 5.32 Å². The first kappa shape index (κ1) is 13.3. The van der Waals surface area contributed by atoms with Gasteiger partial charge in [0.05, 0.1) is 0 Å². The van der Waals surface area contributed by atoms with Crippen LogP contribution >= 0.6 is 0 Å². The fraction of sp³-hybridized carbons (Fsp3) is 0.0769. The number of aromatic hydroxyl groups is 2. The first-order valence-electron chi connectivity index (χ1n) is 5.77. The second-order valence-electron chi connectivity index (χ2n) is 4.17. The number of anilines is 1. The Hall–Kier alpha value is -2.18. The zero-order chi connectivity index (χ0) is 13.8. The smallest absolute Gasteiger partial charge is 0.488 e. The summed E-state index contributed by atoms with van der Waals surface area (Å²) in [6.07, 6.45) is 0. The molecule has 0 saturated heterocycles. The molecule has 19 heavy (non-hydrogen) atoms. The van der Waals surface area contributed by atoms with E-state index < -0.39 is 7.12 Å². The lowest BCUT2D eigenvalue weighted by Gasteiger charge is -2.10. The maximum Gasteiger partial charge on any atom is 0.488 e. The van der Waals surface area contributed by atoms with Crippen LogP contribution < -0.4 is 10.8 Å². The molecule has 5 N–H and O–H groups in total. The van der Waals surface area contributed by atoms with E-state index in [1.165, 1.54) is 18.2 Å². The SMILES string of the molecule is OB(O)c1cccc(NCc2cc(O)ccc2O)c1. The van der Waals surface area contributed by atoms with Gasteiger partial charge in [0.25, 0.3) is 0 Å². The van der Waals surface area contributed by atoms with Crippen molar-refractivity contribution in [2.45, 2.75) is 6.54 Å². The van der Waals surface area contributed by atoms with Gasteiger partial charge in [-0.3, -0.25) is 0 Å². The van der Waals surface area contributed by atoms with Crippen LogP contribution in [-0.2, 0) is 6.54 Å². The Labute approximate surface area is 110 Å². The molecule has 0 aliphatic rings. The van der Waals surface area contributed by atoms with Crippen LogP contribution in [0.2, 0.25) is 0 Å². The van der Waals surface area contributed by atoms with Crippen LogP contribution in [0.15, 0.2) is 42.5 Å². The molecule has 6 heteroatoms. The number of phenolic OH excluding ortho intramolecular Hbond substituents is 2. The van der Waals surface area contributed by atoms with Gasteiger partial charge in [0.15, 0.2) is 0 Å². The van der Waals surface area contributed by atoms with Crippen LogP contribution in [0.4, 0.5) is 5.69 Å². The predicted molar refractivity (Wildman–Crippen MR) is 73.4 cm³/mol. The highest BCUT2D eigenvalue weighted by molar-refractivity contribution is 6.58. The Bertz CT molecular complexity index is 574. The van der Waals surface area contributed by atoms with Crippen molar-refractivity contribution in [3.8, 4) is 11.5 Å². The van der Waals surface area contributed by atoms with Crippen molar-refractivity contribution < 1.29 is 20.3 Å². The summed E-state index contributed by atoms with van der Waals surface area (Å²) in [5.41, 5.74) is 1.62. The Morgan fingerprint density at radius 3 is 2.53 bits per heavy atom. The molecule has 2 rings (SSSR count). The maximum absolute atomic E-state index is 9.62. The number of phenols is 2. The van der Waals surface area contributed by atoms with Gasteiger partial charge in [0, 0.05) is 17.8 Å². The zero-order valence-electron chi connectivity index (χ0n) is 10.1. The molecule has 0 aliphatic heterocycles. The minimum atomic E-state index is -1.52. The van der Waals surface area contributed by atoms with Crippen molar-refractivity contribution in [2.24, 2.45) is 0 Å². The van der Waals surface area contributed by atoms with E-state index >= 15 is 0 Å². The molecule has 0 aliphatic carbocycles. The fourth-order valence-corrected chi connectivity index (χ4v) is 1.72. The molecule has 0 amide bonds. The number of hydrogen-bond acceptors (Lipinski definition) is 5. The number of benzene rings is 2. The Balaban J connectivity index is 2.10. The van der Waals surface area contributed by atoms with Crippen molar-refractivity contribution >= 4 is 18.3 Å². The van der Waals surface area contributed by atoms with Crippen molar-refractivity contribution in [3.63, 3.8) is 0 Å². The fourth-order valence-electron chi connectivity index (χ4n) is 1.72. The molecule has 0 radical (unpaired) electrons. The Morgan fingerprint density at radius 1 is 1.00 bits per heavy atom. The summed E-state index contributed by atoms with van der Waals surface area (Å²) in [5.74, 6) is 0.165. The topological polar surface area (TPSA) is 93.0 Å². The molecular weight excluding hydrogens is 245 g/mol.